The Labute approximate surface area is 148 Å². The number of imide groups is 1. The maximum absolute atomic E-state index is 12.0. The zero-order valence-corrected chi connectivity index (χ0v) is 14.9. The zero-order chi connectivity index (χ0) is 18.7. The fraction of sp³-hybridized carbons (Fsp3) is 0.500. The largest absolute Gasteiger partial charge is 0.479 e. The Morgan fingerprint density at radius 2 is 1.80 bits per heavy atom. The number of nitrogens with one attached hydrogen (secondary N) is 2. The molecule has 0 aliphatic carbocycles. The summed E-state index contributed by atoms with van der Waals surface area (Å²) in [6.45, 7) is 5.78. The van der Waals surface area contributed by atoms with Crippen LogP contribution in [-0.2, 0) is 14.3 Å². The van der Waals surface area contributed by atoms with Gasteiger partial charge in [0.05, 0.1) is 0 Å². The van der Waals surface area contributed by atoms with Gasteiger partial charge in [0.2, 0.25) is 0 Å². The molecule has 0 saturated heterocycles. The summed E-state index contributed by atoms with van der Waals surface area (Å²) in [4.78, 5) is 35.1. The number of esters is 1. The third-order valence-corrected chi connectivity index (χ3v) is 3.26. The van der Waals surface area contributed by atoms with Crippen molar-refractivity contribution in [2.75, 3.05) is 13.2 Å². The fourth-order valence-corrected chi connectivity index (χ4v) is 1.87. The summed E-state index contributed by atoms with van der Waals surface area (Å²) in [5.74, 6) is -0.348. The van der Waals surface area contributed by atoms with Crippen molar-refractivity contribution in [3.8, 4) is 5.75 Å². The monoisotopic (exact) mass is 350 g/mol. The highest BCUT2D eigenvalue weighted by Gasteiger charge is 2.21. The number of rotatable bonds is 9. The van der Waals surface area contributed by atoms with E-state index in [-0.39, 0.29) is 0 Å². The molecule has 25 heavy (non-hydrogen) atoms. The Kier molecular flexibility index (Phi) is 9.06. The van der Waals surface area contributed by atoms with E-state index in [1.807, 2.05) is 19.9 Å². The van der Waals surface area contributed by atoms with Crippen LogP contribution in [0.25, 0.3) is 0 Å². The Hall–Kier alpha value is -2.57. The Morgan fingerprint density at radius 3 is 2.40 bits per heavy atom. The molecule has 0 heterocycles. The highest BCUT2D eigenvalue weighted by Crippen LogP contribution is 2.13. The second-order valence-electron chi connectivity index (χ2n) is 5.92. The van der Waals surface area contributed by atoms with Gasteiger partial charge in [-0.15, -0.1) is 0 Å². The average molecular weight is 350 g/mol. The minimum Gasteiger partial charge on any atom is -0.479 e. The number of benzene rings is 1. The highest BCUT2D eigenvalue weighted by molar-refractivity contribution is 5.95. The van der Waals surface area contributed by atoms with Crippen LogP contribution in [-0.4, -0.2) is 37.2 Å². The predicted molar refractivity (Wildman–Crippen MR) is 93.1 cm³/mol. The van der Waals surface area contributed by atoms with E-state index in [2.05, 4.69) is 10.6 Å². The lowest BCUT2D eigenvalue weighted by Gasteiger charge is -2.16. The summed E-state index contributed by atoms with van der Waals surface area (Å²) in [7, 11) is 0. The van der Waals surface area contributed by atoms with Crippen LogP contribution in [0.4, 0.5) is 4.79 Å². The number of para-hydroxylation sites is 1. The molecule has 3 amide bonds. The average Bonchev–Trinajstić information content (AvgIpc) is 2.58. The molecule has 1 aromatic carbocycles. The van der Waals surface area contributed by atoms with Gasteiger partial charge in [-0.05, 0) is 30.9 Å². The van der Waals surface area contributed by atoms with Crippen LogP contribution in [0.15, 0.2) is 30.3 Å². The zero-order valence-electron chi connectivity index (χ0n) is 14.9. The number of carbonyl (C=O) groups excluding carboxylic acids is 3. The van der Waals surface area contributed by atoms with E-state index in [1.54, 1.807) is 31.2 Å². The van der Waals surface area contributed by atoms with Crippen molar-refractivity contribution in [1.82, 2.24) is 10.6 Å². The molecule has 1 atom stereocenters. The molecular formula is C18H26N2O5. The number of amides is 3. The van der Waals surface area contributed by atoms with E-state index >= 15 is 0 Å². The maximum Gasteiger partial charge on any atom is 0.347 e. The van der Waals surface area contributed by atoms with Crippen molar-refractivity contribution >= 4 is 17.9 Å². The number of carbonyl (C=O) groups is 3. The summed E-state index contributed by atoms with van der Waals surface area (Å²) >= 11 is 0. The van der Waals surface area contributed by atoms with Crippen molar-refractivity contribution in [1.29, 1.82) is 0 Å². The van der Waals surface area contributed by atoms with Crippen molar-refractivity contribution in [3.05, 3.63) is 30.3 Å². The number of hydrogen-bond donors (Lipinski definition) is 2. The molecule has 0 unspecified atom stereocenters. The first kappa shape index (κ1) is 20.5. The van der Waals surface area contributed by atoms with Gasteiger partial charge in [-0.25, -0.2) is 9.59 Å². The third-order valence-electron chi connectivity index (χ3n) is 3.26. The quantitative estimate of drug-likeness (QED) is 0.666. The summed E-state index contributed by atoms with van der Waals surface area (Å²) in [5, 5.41) is 4.67. The molecule has 138 valence electrons. The van der Waals surface area contributed by atoms with Gasteiger partial charge in [-0.1, -0.05) is 39.0 Å². The van der Waals surface area contributed by atoms with Crippen LogP contribution in [0.1, 0.15) is 33.6 Å². The van der Waals surface area contributed by atoms with E-state index in [1.165, 1.54) is 0 Å². The lowest BCUT2D eigenvalue weighted by Crippen LogP contribution is -2.42. The molecule has 0 saturated carbocycles. The van der Waals surface area contributed by atoms with Crippen LogP contribution >= 0.6 is 0 Å². The van der Waals surface area contributed by atoms with Gasteiger partial charge in [0.25, 0.3) is 5.91 Å². The van der Waals surface area contributed by atoms with Crippen LogP contribution < -0.4 is 15.4 Å². The molecule has 7 nitrogen and oxygen atoms in total. The van der Waals surface area contributed by atoms with E-state index in [4.69, 9.17) is 9.47 Å². The van der Waals surface area contributed by atoms with Crippen LogP contribution in [0.2, 0.25) is 0 Å². The fourth-order valence-electron chi connectivity index (χ4n) is 1.87. The Morgan fingerprint density at radius 1 is 1.12 bits per heavy atom. The molecular weight excluding hydrogens is 324 g/mol. The normalized spacial score (nSPS) is 11.5. The first-order chi connectivity index (χ1) is 11.9. The molecule has 0 aliphatic rings. The molecule has 2 N–H and O–H groups in total. The molecule has 0 aliphatic heterocycles. The van der Waals surface area contributed by atoms with Crippen LogP contribution in [0.3, 0.4) is 0 Å². The standard InChI is InChI=1S/C18H26N2O5/c1-4-15(25-14-8-6-5-7-9-14)17(22)24-12-16(21)20-18(23)19-11-10-13(2)3/h5-9,13,15H,4,10-12H2,1-3H3,(H2,19,20,21,23)/t15-/m0/s1. The maximum atomic E-state index is 12.0. The Balaban J connectivity index is 2.33. The first-order valence-electron chi connectivity index (χ1n) is 8.38. The minimum absolute atomic E-state index is 0.394. The molecule has 1 aromatic rings. The summed E-state index contributed by atoms with van der Waals surface area (Å²) in [6, 6.07) is 8.27. The molecule has 0 fully saturated rings. The van der Waals surface area contributed by atoms with Gasteiger partial charge in [-0.2, -0.15) is 0 Å². The van der Waals surface area contributed by atoms with Gasteiger partial charge in [0.1, 0.15) is 5.75 Å². The second kappa shape index (κ2) is 11.1. The van der Waals surface area contributed by atoms with Crippen molar-refractivity contribution in [2.45, 2.75) is 39.7 Å². The molecule has 0 spiro atoms. The van der Waals surface area contributed by atoms with Gasteiger partial charge in [-0.3, -0.25) is 10.1 Å². The molecule has 0 radical (unpaired) electrons. The lowest BCUT2D eigenvalue weighted by atomic mass is 10.1. The van der Waals surface area contributed by atoms with Gasteiger partial charge >= 0.3 is 12.0 Å². The number of hydrogen-bond acceptors (Lipinski definition) is 5. The van der Waals surface area contributed by atoms with Gasteiger partial charge in [0, 0.05) is 6.54 Å². The van der Waals surface area contributed by atoms with Gasteiger partial charge in [0.15, 0.2) is 12.7 Å². The van der Waals surface area contributed by atoms with E-state index in [0.29, 0.717) is 24.6 Å². The number of urea groups is 1. The van der Waals surface area contributed by atoms with E-state index in [9.17, 15) is 14.4 Å². The highest BCUT2D eigenvalue weighted by atomic mass is 16.6. The smallest absolute Gasteiger partial charge is 0.347 e. The van der Waals surface area contributed by atoms with Crippen molar-refractivity contribution in [2.24, 2.45) is 5.92 Å². The molecule has 0 aromatic heterocycles. The van der Waals surface area contributed by atoms with Crippen LogP contribution in [0.5, 0.6) is 5.75 Å². The van der Waals surface area contributed by atoms with E-state index in [0.717, 1.165) is 6.42 Å². The van der Waals surface area contributed by atoms with Crippen LogP contribution in [0, 0.1) is 5.92 Å². The summed E-state index contributed by atoms with van der Waals surface area (Å²) in [6.07, 6.45) is 0.395. The van der Waals surface area contributed by atoms with Crippen molar-refractivity contribution < 1.29 is 23.9 Å². The summed E-state index contributed by atoms with van der Waals surface area (Å²) < 4.78 is 10.4. The second-order valence-corrected chi connectivity index (χ2v) is 5.92. The van der Waals surface area contributed by atoms with Gasteiger partial charge < -0.3 is 14.8 Å². The topological polar surface area (TPSA) is 93.7 Å². The molecule has 7 heteroatoms. The number of ether oxygens (including phenoxy) is 2. The molecule has 1 rings (SSSR count). The van der Waals surface area contributed by atoms with E-state index < -0.39 is 30.6 Å². The SMILES string of the molecule is CC[C@H](Oc1ccccc1)C(=O)OCC(=O)NC(=O)NCCC(C)C. The third kappa shape index (κ3) is 8.74. The van der Waals surface area contributed by atoms with Crippen molar-refractivity contribution in [3.63, 3.8) is 0 Å². The first-order valence-corrected chi connectivity index (χ1v) is 8.38. The minimum atomic E-state index is -0.810. The molecule has 0 bridgehead atoms. The summed E-state index contributed by atoms with van der Waals surface area (Å²) in [5.41, 5.74) is 0. The lowest BCUT2D eigenvalue weighted by molar-refractivity contribution is -0.155. The Bertz CT molecular complexity index is 560. The predicted octanol–water partition coefficient (Wildman–Crippen LogP) is 2.26.